The predicted octanol–water partition coefficient (Wildman–Crippen LogP) is 4.52. The van der Waals surface area contributed by atoms with Crippen LogP contribution in [0.25, 0.3) is 11.0 Å². The normalized spacial score (nSPS) is 19.3. The number of likely N-dealkylation sites (tertiary alicyclic amines) is 1. The monoisotopic (exact) mass is 377 g/mol. The van der Waals surface area contributed by atoms with Crippen LogP contribution in [0, 0.1) is 0 Å². The van der Waals surface area contributed by atoms with Crippen LogP contribution in [0.2, 0.25) is 0 Å². The van der Waals surface area contributed by atoms with Gasteiger partial charge in [-0.2, -0.15) is 0 Å². The molecule has 1 atom stereocenters. The summed E-state index contributed by atoms with van der Waals surface area (Å²) < 4.78 is 2.20. The largest absolute Gasteiger partial charge is 0.478 e. The lowest BCUT2D eigenvalue weighted by Crippen LogP contribution is -2.38. The topological polar surface area (TPSA) is 58.4 Å². The first kappa shape index (κ1) is 18.7. The molecule has 0 amide bonds. The van der Waals surface area contributed by atoms with Gasteiger partial charge in [-0.1, -0.05) is 30.3 Å². The molecule has 2 heterocycles. The molecule has 1 fully saturated rings. The molecule has 1 aliphatic heterocycles. The van der Waals surface area contributed by atoms with E-state index in [4.69, 9.17) is 4.98 Å². The van der Waals surface area contributed by atoms with Crippen molar-refractivity contribution in [2.24, 2.45) is 0 Å². The summed E-state index contributed by atoms with van der Waals surface area (Å²) in [5, 5.41) is 9.27. The quantitative estimate of drug-likeness (QED) is 0.710. The highest BCUT2D eigenvalue weighted by atomic mass is 16.4. The number of carbonyl (C=O) groups is 1. The van der Waals surface area contributed by atoms with Crippen molar-refractivity contribution in [2.75, 3.05) is 6.54 Å². The smallest absolute Gasteiger partial charge is 0.335 e. The van der Waals surface area contributed by atoms with E-state index in [-0.39, 0.29) is 11.1 Å². The van der Waals surface area contributed by atoms with Crippen molar-refractivity contribution in [1.82, 2.24) is 14.5 Å². The highest BCUT2D eigenvalue weighted by molar-refractivity contribution is 5.92. The first-order valence-electron chi connectivity index (χ1n) is 9.91. The Hall–Kier alpha value is -2.66. The molecule has 1 saturated heterocycles. The van der Waals surface area contributed by atoms with E-state index in [1.165, 1.54) is 5.56 Å². The summed E-state index contributed by atoms with van der Waals surface area (Å²) in [6, 6.07) is 15.9. The summed E-state index contributed by atoms with van der Waals surface area (Å²) in [5.41, 5.74) is 3.52. The van der Waals surface area contributed by atoms with Gasteiger partial charge < -0.3 is 9.67 Å². The van der Waals surface area contributed by atoms with Crippen LogP contribution in [0.15, 0.2) is 48.5 Å². The molecule has 0 bridgehead atoms. The van der Waals surface area contributed by atoms with E-state index in [0.717, 1.165) is 42.9 Å². The Morgan fingerprint density at radius 2 is 1.96 bits per heavy atom. The Bertz CT molecular complexity index is 1010. The van der Waals surface area contributed by atoms with Gasteiger partial charge in [-0.3, -0.25) is 4.90 Å². The van der Waals surface area contributed by atoms with Gasteiger partial charge in [0.1, 0.15) is 5.82 Å². The second kappa shape index (κ2) is 7.06. The zero-order valence-electron chi connectivity index (χ0n) is 16.7. The van der Waals surface area contributed by atoms with Gasteiger partial charge >= 0.3 is 5.97 Å². The van der Waals surface area contributed by atoms with Gasteiger partial charge in [-0.15, -0.1) is 0 Å². The van der Waals surface area contributed by atoms with Crippen LogP contribution in [0.1, 0.15) is 54.9 Å². The number of fused-ring (bicyclic) bond motifs is 1. The molecule has 146 valence electrons. The maximum atomic E-state index is 11.3. The highest BCUT2D eigenvalue weighted by Gasteiger charge is 2.39. The first-order chi connectivity index (χ1) is 13.4. The average Bonchev–Trinajstić information content (AvgIpc) is 3.18. The number of carboxylic acids is 1. The number of rotatable bonds is 5. The van der Waals surface area contributed by atoms with E-state index >= 15 is 0 Å². The van der Waals surface area contributed by atoms with Gasteiger partial charge in [-0.25, -0.2) is 9.78 Å². The van der Waals surface area contributed by atoms with Crippen LogP contribution in [0.4, 0.5) is 0 Å². The van der Waals surface area contributed by atoms with E-state index in [0.29, 0.717) is 5.92 Å². The number of aromatic nitrogens is 2. The number of aromatic carboxylic acids is 1. The third-order valence-electron chi connectivity index (χ3n) is 6.04. The number of imidazole rings is 1. The molecule has 1 N–H and O–H groups in total. The van der Waals surface area contributed by atoms with Crippen molar-refractivity contribution in [3.8, 4) is 0 Å². The first-order valence-corrected chi connectivity index (χ1v) is 9.91. The Kier molecular flexibility index (Phi) is 4.71. The van der Waals surface area contributed by atoms with Crippen LogP contribution in [0.3, 0.4) is 0 Å². The lowest BCUT2D eigenvalue weighted by Gasteiger charge is -2.31. The van der Waals surface area contributed by atoms with Gasteiger partial charge in [0, 0.05) is 18.6 Å². The number of nitrogens with zero attached hydrogens (tertiary/aromatic N) is 3. The summed E-state index contributed by atoms with van der Waals surface area (Å²) in [5.74, 6) is 0.608. The molecule has 4 rings (SSSR count). The van der Waals surface area contributed by atoms with Crippen molar-refractivity contribution in [1.29, 1.82) is 0 Å². The van der Waals surface area contributed by atoms with Gasteiger partial charge in [0.25, 0.3) is 0 Å². The SMILES string of the molecule is CCn1c(CN2CC(c3ccccc3)CC2(C)C)nc2cc(C(=O)O)ccc21. The zero-order valence-corrected chi connectivity index (χ0v) is 16.7. The molecular weight excluding hydrogens is 350 g/mol. The Labute approximate surface area is 165 Å². The molecular formula is C23H27N3O2. The average molecular weight is 377 g/mol. The molecule has 1 aromatic heterocycles. The van der Waals surface area contributed by atoms with Crippen LogP contribution in [-0.4, -0.2) is 37.6 Å². The van der Waals surface area contributed by atoms with Gasteiger partial charge in [0.2, 0.25) is 0 Å². The van der Waals surface area contributed by atoms with Crippen molar-refractivity contribution in [2.45, 2.75) is 51.7 Å². The van der Waals surface area contributed by atoms with E-state index < -0.39 is 5.97 Å². The molecule has 2 aromatic carbocycles. The molecule has 0 spiro atoms. The second-order valence-corrected chi connectivity index (χ2v) is 8.29. The van der Waals surface area contributed by atoms with Crippen molar-refractivity contribution in [3.05, 3.63) is 65.5 Å². The van der Waals surface area contributed by atoms with Crippen LogP contribution in [0.5, 0.6) is 0 Å². The summed E-state index contributed by atoms with van der Waals surface area (Å²) in [4.78, 5) is 18.6. The Balaban J connectivity index is 1.64. The van der Waals surface area contributed by atoms with Crippen LogP contribution in [-0.2, 0) is 13.1 Å². The fourth-order valence-corrected chi connectivity index (χ4v) is 4.49. The maximum absolute atomic E-state index is 11.3. The molecule has 1 aliphatic rings. The Morgan fingerprint density at radius 3 is 2.64 bits per heavy atom. The van der Waals surface area contributed by atoms with E-state index in [1.807, 2.05) is 6.07 Å². The van der Waals surface area contributed by atoms with Crippen molar-refractivity contribution in [3.63, 3.8) is 0 Å². The van der Waals surface area contributed by atoms with E-state index in [9.17, 15) is 9.90 Å². The standard InChI is InChI=1S/C23H27N3O2/c1-4-26-20-11-10-17(22(27)28)12-19(20)24-21(26)15-25-14-18(13-23(25,2)3)16-8-6-5-7-9-16/h5-12,18H,4,13-15H2,1-3H3,(H,27,28). The molecule has 0 aliphatic carbocycles. The summed E-state index contributed by atoms with van der Waals surface area (Å²) in [6.45, 7) is 9.30. The molecule has 5 nitrogen and oxygen atoms in total. The van der Waals surface area contributed by atoms with Crippen molar-refractivity contribution >= 4 is 17.0 Å². The minimum atomic E-state index is -0.916. The lowest BCUT2D eigenvalue weighted by molar-refractivity contribution is 0.0697. The lowest BCUT2D eigenvalue weighted by atomic mass is 9.91. The molecule has 0 radical (unpaired) electrons. The highest BCUT2D eigenvalue weighted by Crippen LogP contribution is 2.39. The van der Waals surface area contributed by atoms with Gasteiger partial charge in [-0.05, 0) is 56.9 Å². The predicted molar refractivity (Wildman–Crippen MR) is 111 cm³/mol. The maximum Gasteiger partial charge on any atom is 0.335 e. The number of benzene rings is 2. The van der Waals surface area contributed by atoms with Gasteiger partial charge in [0.05, 0.1) is 23.1 Å². The molecule has 3 aromatic rings. The number of aryl methyl sites for hydroxylation is 1. The molecule has 0 saturated carbocycles. The summed E-state index contributed by atoms with van der Waals surface area (Å²) >= 11 is 0. The minimum Gasteiger partial charge on any atom is -0.478 e. The fraction of sp³-hybridized carbons (Fsp3) is 0.391. The van der Waals surface area contributed by atoms with E-state index in [1.54, 1.807) is 12.1 Å². The fourth-order valence-electron chi connectivity index (χ4n) is 4.49. The number of hydrogen-bond acceptors (Lipinski definition) is 3. The van der Waals surface area contributed by atoms with Crippen molar-refractivity contribution < 1.29 is 9.90 Å². The molecule has 5 heteroatoms. The zero-order chi connectivity index (χ0) is 19.9. The Morgan fingerprint density at radius 1 is 1.21 bits per heavy atom. The molecule has 1 unspecified atom stereocenters. The van der Waals surface area contributed by atoms with Crippen LogP contribution >= 0.6 is 0 Å². The molecule has 28 heavy (non-hydrogen) atoms. The second-order valence-electron chi connectivity index (χ2n) is 8.29. The number of carboxylic acid groups (broad SMARTS) is 1. The van der Waals surface area contributed by atoms with Crippen LogP contribution < -0.4 is 0 Å². The summed E-state index contributed by atoms with van der Waals surface area (Å²) in [7, 11) is 0. The third-order valence-corrected chi connectivity index (χ3v) is 6.04. The number of hydrogen-bond donors (Lipinski definition) is 1. The van der Waals surface area contributed by atoms with E-state index in [2.05, 4.69) is 60.6 Å². The summed E-state index contributed by atoms with van der Waals surface area (Å²) in [6.07, 6.45) is 1.12. The minimum absolute atomic E-state index is 0.0867. The third kappa shape index (κ3) is 3.31. The van der Waals surface area contributed by atoms with Gasteiger partial charge in [0.15, 0.2) is 0 Å².